The van der Waals surface area contributed by atoms with Crippen LogP contribution in [0.5, 0.6) is 0 Å². The number of hydrogen-bond donors (Lipinski definition) is 2. The molecule has 0 atom stereocenters. The number of nitrogens with one attached hydrogen (secondary N) is 2. The van der Waals surface area contributed by atoms with Crippen LogP contribution in [0.25, 0.3) is 0 Å². The summed E-state index contributed by atoms with van der Waals surface area (Å²) in [5.41, 5.74) is 7.24. The maximum atomic E-state index is 3.49. The summed E-state index contributed by atoms with van der Waals surface area (Å²) < 4.78 is 0. The zero-order valence-corrected chi connectivity index (χ0v) is 15.8. The Kier molecular flexibility index (Phi) is 6.32. The molecule has 2 heteroatoms. The molecule has 2 nitrogen and oxygen atoms in total. The van der Waals surface area contributed by atoms with Crippen molar-refractivity contribution in [2.75, 3.05) is 10.6 Å². The first-order valence-corrected chi connectivity index (χ1v) is 9.59. The molecule has 134 valence electrons. The van der Waals surface area contributed by atoms with Crippen molar-refractivity contribution in [3.8, 4) is 0 Å². The molecule has 3 aromatic carbocycles. The predicted octanol–water partition coefficient (Wildman–Crippen LogP) is 7.08. The highest BCUT2D eigenvalue weighted by Gasteiger charge is 2.00. The Hall–Kier alpha value is -2.74. The molecule has 0 aliphatic heterocycles. The van der Waals surface area contributed by atoms with E-state index in [1.54, 1.807) is 0 Å². The van der Waals surface area contributed by atoms with Gasteiger partial charge in [0.25, 0.3) is 0 Å². The van der Waals surface area contributed by atoms with Gasteiger partial charge in [-0.15, -0.1) is 0 Å². The van der Waals surface area contributed by atoms with Gasteiger partial charge in [0.15, 0.2) is 0 Å². The van der Waals surface area contributed by atoms with Gasteiger partial charge >= 0.3 is 0 Å². The summed E-state index contributed by atoms with van der Waals surface area (Å²) in [6, 6.07) is 25.8. The van der Waals surface area contributed by atoms with Gasteiger partial charge in [0.1, 0.15) is 0 Å². The molecular formula is C24H28N2. The lowest BCUT2D eigenvalue weighted by atomic mass is 10.1. The Morgan fingerprint density at radius 1 is 0.538 bits per heavy atom. The largest absolute Gasteiger partial charge is 0.356 e. The van der Waals surface area contributed by atoms with E-state index in [1.165, 1.54) is 24.0 Å². The molecule has 0 saturated carbocycles. The van der Waals surface area contributed by atoms with Crippen molar-refractivity contribution in [2.45, 2.75) is 39.5 Å². The number of rotatable bonds is 8. The van der Waals surface area contributed by atoms with Crippen molar-refractivity contribution < 1.29 is 0 Å². The molecule has 0 aliphatic carbocycles. The van der Waals surface area contributed by atoms with E-state index in [1.807, 2.05) is 0 Å². The molecule has 0 fully saturated rings. The first-order chi connectivity index (χ1) is 12.8. The third kappa shape index (κ3) is 5.13. The summed E-state index contributed by atoms with van der Waals surface area (Å²) >= 11 is 0. The highest BCUT2D eigenvalue weighted by Crippen LogP contribution is 2.23. The van der Waals surface area contributed by atoms with Crippen molar-refractivity contribution in [1.29, 1.82) is 0 Å². The summed E-state index contributed by atoms with van der Waals surface area (Å²) in [5, 5.41) is 6.98. The minimum atomic E-state index is 1.10. The van der Waals surface area contributed by atoms with Crippen LogP contribution in [0.4, 0.5) is 22.7 Å². The summed E-state index contributed by atoms with van der Waals surface area (Å²) in [7, 11) is 0. The third-order valence-electron chi connectivity index (χ3n) is 4.39. The van der Waals surface area contributed by atoms with Crippen LogP contribution in [0.15, 0.2) is 72.8 Å². The normalized spacial score (nSPS) is 10.5. The first kappa shape index (κ1) is 18.1. The Morgan fingerprint density at radius 3 is 1.35 bits per heavy atom. The van der Waals surface area contributed by atoms with Gasteiger partial charge in [0.2, 0.25) is 0 Å². The molecule has 26 heavy (non-hydrogen) atoms. The fourth-order valence-electron chi connectivity index (χ4n) is 3.16. The fourth-order valence-corrected chi connectivity index (χ4v) is 3.16. The van der Waals surface area contributed by atoms with Crippen molar-refractivity contribution >= 4 is 22.7 Å². The SMILES string of the molecule is CCCc1cccc(Nc2ccc(Nc3cccc(CCC)c3)cc2)c1. The van der Waals surface area contributed by atoms with Gasteiger partial charge in [0, 0.05) is 22.7 Å². The van der Waals surface area contributed by atoms with Crippen LogP contribution in [0.2, 0.25) is 0 Å². The Balaban J connectivity index is 1.65. The summed E-state index contributed by atoms with van der Waals surface area (Å²) in [5.74, 6) is 0. The molecular weight excluding hydrogens is 316 g/mol. The molecule has 0 aromatic heterocycles. The van der Waals surface area contributed by atoms with Crippen LogP contribution >= 0.6 is 0 Å². The zero-order valence-electron chi connectivity index (χ0n) is 15.8. The minimum absolute atomic E-state index is 1.10. The van der Waals surface area contributed by atoms with E-state index in [0.717, 1.165) is 35.6 Å². The van der Waals surface area contributed by atoms with Gasteiger partial charge in [-0.25, -0.2) is 0 Å². The van der Waals surface area contributed by atoms with E-state index >= 15 is 0 Å². The van der Waals surface area contributed by atoms with E-state index in [9.17, 15) is 0 Å². The predicted molar refractivity (Wildman–Crippen MR) is 114 cm³/mol. The second kappa shape index (κ2) is 9.10. The van der Waals surface area contributed by atoms with Crippen molar-refractivity contribution in [3.63, 3.8) is 0 Å². The average Bonchev–Trinajstić information content (AvgIpc) is 2.65. The molecule has 0 unspecified atom stereocenters. The van der Waals surface area contributed by atoms with E-state index in [4.69, 9.17) is 0 Å². The first-order valence-electron chi connectivity index (χ1n) is 9.59. The highest BCUT2D eigenvalue weighted by atomic mass is 14.9. The van der Waals surface area contributed by atoms with Crippen molar-refractivity contribution in [1.82, 2.24) is 0 Å². The van der Waals surface area contributed by atoms with Gasteiger partial charge in [-0.3, -0.25) is 0 Å². The minimum Gasteiger partial charge on any atom is -0.356 e. The van der Waals surface area contributed by atoms with E-state index < -0.39 is 0 Å². The molecule has 2 N–H and O–H groups in total. The average molecular weight is 345 g/mol. The molecule has 0 heterocycles. The van der Waals surface area contributed by atoms with Crippen LogP contribution in [0.3, 0.4) is 0 Å². The highest BCUT2D eigenvalue weighted by molar-refractivity contribution is 5.66. The van der Waals surface area contributed by atoms with Crippen molar-refractivity contribution in [2.24, 2.45) is 0 Å². The van der Waals surface area contributed by atoms with Gasteiger partial charge in [0.05, 0.1) is 0 Å². The number of anilines is 4. The Bertz CT molecular complexity index is 751. The van der Waals surface area contributed by atoms with E-state index in [-0.39, 0.29) is 0 Å². The standard InChI is InChI=1S/C24H28N2/c1-3-7-19-9-5-11-23(17-19)25-21-13-15-22(16-14-21)26-24-12-6-10-20(18-24)8-4-2/h5-6,9-18,25-26H,3-4,7-8H2,1-2H3. The quantitative estimate of drug-likeness (QED) is 0.456. The molecule has 0 spiro atoms. The molecule has 0 amide bonds. The third-order valence-corrected chi connectivity index (χ3v) is 4.39. The monoisotopic (exact) mass is 344 g/mol. The summed E-state index contributed by atoms with van der Waals surface area (Å²) in [6.07, 6.45) is 4.58. The van der Waals surface area contributed by atoms with Crippen LogP contribution < -0.4 is 10.6 Å². The van der Waals surface area contributed by atoms with Crippen LogP contribution in [-0.4, -0.2) is 0 Å². The second-order valence-corrected chi connectivity index (χ2v) is 6.73. The lowest BCUT2D eigenvalue weighted by Crippen LogP contribution is -1.94. The molecule has 0 saturated heterocycles. The van der Waals surface area contributed by atoms with Crippen LogP contribution in [0.1, 0.15) is 37.8 Å². The van der Waals surface area contributed by atoms with Gasteiger partial charge in [-0.05, 0) is 72.5 Å². The van der Waals surface area contributed by atoms with E-state index in [2.05, 4.69) is 97.3 Å². The molecule has 0 bridgehead atoms. The lowest BCUT2D eigenvalue weighted by molar-refractivity contribution is 0.922. The van der Waals surface area contributed by atoms with Crippen LogP contribution in [-0.2, 0) is 12.8 Å². The number of hydrogen-bond acceptors (Lipinski definition) is 2. The molecule has 0 radical (unpaired) electrons. The molecule has 0 aliphatic rings. The Labute approximate surface area is 157 Å². The van der Waals surface area contributed by atoms with Crippen LogP contribution in [0, 0.1) is 0 Å². The van der Waals surface area contributed by atoms with Gasteiger partial charge in [-0.1, -0.05) is 51.0 Å². The maximum Gasteiger partial charge on any atom is 0.0386 e. The smallest absolute Gasteiger partial charge is 0.0386 e. The molecule has 3 rings (SSSR count). The van der Waals surface area contributed by atoms with E-state index in [0.29, 0.717) is 0 Å². The topological polar surface area (TPSA) is 24.1 Å². The lowest BCUT2D eigenvalue weighted by Gasteiger charge is -2.11. The Morgan fingerprint density at radius 2 is 0.962 bits per heavy atom. The summed E-state index contributed by atoms with van der Waals surface area (Å²) in [6.45, 7) is 4.42. The molecule has 3 aromatic rings. The maximum absolute atomic E-state index is 3.49. The number of aryl methyl sites for hydroxylation is 2. The fraction of sp³-hybridized carbons (Fsp3) is 0.250. The van der Waals surface area contributed by atoms with Gasteiger partial charge < -0.3 is 10.6 Å². The van der Waals surface area contributed by atoms with Gasteiger partial charge in [-0.2, -0.15) is 0 Å². The summed E-state index contributed by atoms with van der Waals surface area (Å²) in [4.78, 5) is 0. The zero-order chi connectivity index (χ0) is 18.2. The van der Waals surface area contributed by atoms with Crippen molar-refractivity contribution in [3.05, 3.63) is 83.9 Å². The second-order valence-electron chi connectivity index (χ2n) is 6.73. The number of benzene rings is 3.